The summed E-state index contributed by atoms with van der Waals surface area (Å²) in [6.45, 7) is 0.0136. The van der Waals surface area contributed by atoms with Gasteiger partial charge in [0.2, 0.25) is 0 Å². The van der Waals surface area contributed by atoms with Crippen LogP contribution in [-0.4, -0.2) is 32.4 Å². The van der Waals surface area contributed by atoms with Crippen molar-refractivity contribution in [1.82, 2.24) is 0 Å². The summed E-state index contributed by atoms with van der Waals surface area (Å²) in [5.74, 6) is -0.560. The predicted octanol–water partition coefficient (Wildman–Crippen LogP) is 1.45. The Labute approximate surface area is 116 Å². The molecule has 1 rings (SSSR count). The second kappa shape index (κ2) is 6.73. The number of nitrogens with zero attached hydrogens (tertiary/aromatic N) is 1. The Bertz CT molecular complexity index is 670. The largest absolute Gasteiger partial charge is 0.493 e. The SMILES string of the molecule is CS(=O)(=O)/C(C#N)=C/c1cccc(OCCC(=O)O)c1. The second-order valence-electron chi connectivity index (χ2n) is 3.96. The summed E-state index contributed by atoms with van der Waals surface area (Å²) in [5, 5.41) is 17.3. The molecule has 0 aromatic heterocycles. The van der Waals surface area contributed by atoms with E-state index < -0.39 is 15.8 Å². The van der Waals surface area contributed by atoms with Gasteiger partial charge in [-0.25, -0.2) is 8.42 Å². The van der Waals surface area contributed by atoms with Crippen LogP contribution in [0.3, 0.4) is 0 Å². The molecule has 1 aromatic carbocycles. The van der Waals surface area contributed by atoms with Gasteiger partial charge in [0.1, 0.15) is 16.7 Å². The molecule has 0 heterocycles. The topological polar surface area (TPSA) is 104 Å². The zero-order valence-corrected chi connectivity index (χ0v) is 11.6. The molecule has 1 aromatic rings. The molecule has 0 fully saturated rings. The molecule has 1 N–H and O–H groups in total. The Hall–Kier alpha value is -2.33. The van der Waals surface area contributed by atoms with Crippen molar-refractivity contribution in [1.29, 1.82) is 5.26 Å². The number of carbonyl (C=O) groups is 1. The van der Waals surface area contributed by atoms with Gasteiger partial charge < -0.3 is 9.84 Å². The summed E-state index contributed by atoms with van der Waals surface area (Å²) < 4.78 is 27.8. The van der Waals surface area contributed by atoms with Crippen molar-refractivity contribution < 1.29 is 23.1 Å². The van der Waals surface area contributed by atoms with E-state index in [0.717, 1.165) is 6.26 Å². The lowest BCUT2D eigenvalue weighted by molar-refractivity contribution is -0.137. The van der Waals surface area contributed by atoms with Gasteiger partial charge in [-0.15, -0.1) is 0 Å². The minimum absolute atomic E-state index is 0.0136. The van der Waals surface area contributed by atoms with Crippen LogP contribution in [0.25, 0.3) is 6.08 Å². The number of sulfone groups is 1. The fourth-order valence-electron chi connectivity index (χ4n) is 1.32. The molecule has 0 atom stereocenters. The van der Waals surface area contributed by atoms with E-state index in [9.17, 15) is 13.2 Å². The highest BCUT2D eigenvalue weighted by Crippen LogP contribution is 2.17. The number of hydrogen-bond acceptors (Lipinski definition) is 5. The maximum atomic E-state index is 11.3. The zero-order chi connectivity index (χ0) is 15.2. The molecule has 0 unspecified atom stereocenters. The van der Waals surface area contributed by atoms with Gasteiger partial charge >= 0.3 is 5.97 Å². The molecule has 106 valence electrons. The summed E-state index contributed by atoms with van der Waals surface area (Å²) in [4.78, 5) is 10.0. The average molecular weight is 295 g/mol. The fourth-order valence-corrected chi connectivity index (χ4v) is 1.84. The van der Waals surface area contributed by atoms with Crippen molar-refractivity contribution in [2.45, 2.75) is 6.42 Å². The van der Waals surface area contributed by atoms with E-state index >= 15 is 0 Å². The third-order valence-corrected chi connectivity index (χ3v) is 3.26. The van der Waals surface area contributed by atoms with E-state index in [1.54, 1.807) is 24.3 Å². The highest BCUT2D eigenvalue weighted by molar-refractivity contribution is 7.95. The maximum absolute atomic E-state index is 11.3. The summed E-state index contributed by atoms with van der Waals surface area (Å²) in [7, 11) is -3.57. The lowest BCUT2D eigenvalue weighted by atomic mass is 10.2. The normalized spacial score (nSPS) is 11.7. The minimum atomic E-state index is -3.57. The standard InChI is InChI=1S/C13H13NO5S/c1-20(17,18)12(9-14)8-10-3-2-4-11(7-10)19-6-5-13(15)16/h2-4,7-8H,5-6H2,1H3,(H,15,16)/b12-8+. The third-order valence-electron chi connectivity index (χ3n) is 2.25. The van der Waals surface area contributed by atoms with Crippen LogP contribution in [0.1, 0.15) is 12.0 Å². The number of allylic oxidation sites excluding steroid dienone is 1. The Balaban J connectivity index is 2.91. The van der Waals surface area contributed by atoms with Crippen LogP contribution in [-0.2, 0) is 14.6 Å². The number of carboxylic acid groups (broad SMARTS) is 1. The van der Waals surface area contributed by atoms with E-state index in [0.29, 0.717) is 11.3 Å². The zero-order valence-electron chi connectivity index (χ0n) is 10.7. The molecule has 0 radical (unpaired) electrons. The minimum Gasteiger partial charge on any atom is -0.493 e. The molecule has 0 saturated carbocycles. The number of ether oxygens (including phenoxy) is 1. The van der Waals surface area contributed by atoms with Crippen LogP contribution in [0.15, 0.2) is 29.2 Å². The first kappa shape index (κ1) is 15.7. The third kappa shape index (κ3) is 5.12. The Morgan fingerprint density at radius 2 is 2.20 bits per heavy atom. The molecule has 0 aliphatic heterocycles. The second-order valence-corrected chi connectivity index (χ2v) is 5.94. The first-order chi connectivity index (χ1) is 9.32. The predicted molar refractivity (Wildman–Crippen MR) is 72.6 cm³/mol. The average Bonchev–Trinajstić information content (AvgIpc) is 2.34. The van der Waals surface area contributed by atoms with Gasteiger partial charge in [-0.2, -0.15) is 5.26 Å². The van der Waals surface area contributed by atoms with Gasteiger partial charge in [-0.1, -0.05) is 12.1 Å². The molecule has 6 nitrogen and oxygen atoms in total. The number of nitriles is 1. The van der Waals surface area contributed by atoms with Crippen LogP contribution in [0.4, 0.5) is 0 Å². The number of carboxylic acids is 1. The Morgan fingerprint density at radius 3 is 2.75 bits per heavy atom. The first-order valence-electron chi connectivity index (χ1n) is 5.59. The van der Waals surface area contributed by atoms with Crippen LogP contribution in [0.2, 0.25) is 0 Å². The molecule has 0 bridgehead atoms. The van der Waals surface area contributed by atoms with Gasteiger partial charge in [-0.3, -0.25) is 4.79 Å². The van der Waals surface area contributed by atoms with Crippen molar-refractivity contribution in [2.24, 2.45) is 0 Å². The number of aliphatic carboxylic acids is 1. The Kier molecular flexibility index (Phi) is 5.29. The van der Waals surface area contributed by atoms with Gasteiger partial charge in [0.25, 0.3) is 0 Å². The summed E-state index contributed by atoms with van der Waals surface area (Å²) in [6, 6.07) is 8.01. The van der Waals surface area contributed by atoms with E-state index in [1.165, 1.54) is 12.1 Å². The maximum Gasteiger partial charge on any atom is 0.306 e. The fraction of sp³-hybridized carbons (Fsp3) is 0.231. The highest BCUT2D eigenvalue weighted by atomic mass is 32.2. The van der Waals surface area contributed by atoms with Gasteiger partial charge in [0.05, 0.1) is 13.0 Å². The smallest absolute Gasteiger partial charge is 0.306 e. The summed E-state index contributed by atoms with van der Waals surface area (Å²) in [5.41, 5.74) is 0.486. The van der Waals surface area contributed by atoms with E-state index in [4.69, 9.17) is 15.1 Å². The van der Waals surface area contributed by atoms with Crippen LogP contribution < -0.4 is 4.74 Å². The van der Waals surface area contributed by atoms with Crippen LogP contribution in [0, 0.1) is 11.3 Å². The lowest BCUT2D eigenvalue weighted by Gasteiger charge is -2.05. The molecule has 0 aliphatic rings. The van der Waals surface area contributed by atoms with E-state index in [1.807, 2.05) is 0 Å². The summed E-state index contributed by atoms with van der Waals surface area (Å²) in [6.07, 6.45) is 2.06. The molecule has 0 amide bonds. The van der Waals surface area contributed by atoms with Crippen molar-refractivity contribution in [3.8, 4) is 11.8 Å². The van der Waals surface area contributed by atoms with Crippen molar-refractivity contribution in [2.75, 3.05) is 12.9 Å². The molecule has 7 heteroatoms. The number of rotatable bonds is 6. The Morgan fingerprint density at radius 1 is 1.50 bits per heavy atom. The number of hydrogen-bond donors (Lipinski definition) is 1. The van der Waals surface area contributed by atoms with Crippen molar-refractivity contribution in [3.63, 3.8) is 0 Å². The van der Waals surface area contributed by atoms with Gasteiger partial charge in [0.15, 0.2) is 9.84 Å². The van der Waals surface area contributed by atoms with Gasteiger partial charge in [0, 0.05) is 6.26 Å². The lowest BCUT2D eigenvalue weighted by Crippen LogP contribution is -2.04. The van der Waals surface area contributed by atoms with Crippen LogP contribution in [0.5, 0.6) is 5.75 Å². The van der Waals surface area contributed by atoms with Crippen LogP contribution >= 0.6 is 0 Å². The molecule has 0 aliphatic carbocycles. The molecular formula is C13H13NO5S. The monoisotopic (exact) mass is 295 g/mol. The van der Waals surface area contributed by atoms with Crippen molar-refractivity contribution in [3.05, 3.63) is 34.7 Å². The molecule has 0 spiro atoms. The number of benzene rings is 1. The highest BCUT2D eigenvalue weighted by Gasteiger charge is 2.10. The molecule has 0 saturated heterocycles. The van der Waals surface area contributed by atoms with E-state index in [-0.39, 0.29) is 17.9 Å². The first-order valence-corrected chi connectivity index (χ1v) is 7.48. The quantitative estimate of drug-likeness (QED) is 0.796. The summed E-state index contributed by atoms with van der Waals surface area (Å²) >= 11 is 0. The van der Waals surface area contributed by atoms with Crippen molar-refractivity contribution >= 4 is 21.9 Å². The van der Waals surface area contributed by atoms with Gasteiger partial charge in [-0.05, 0) is 23.8 Å². The molecule has 20 heavy (non-hydrogen) atoms. The molecular weight excluding hydrogens is 282 g/mol. The van der Waals surface area contributed by atoms with E-state index in [2.05, 4.69) is 0 Å².